The molecule has 0 aromatic carbocycles. The van der Waals surface area contributed by atoms with Gasteiger partial charge in [-0.25, -0.2) is 0 Å². The number of rotatable bonds is 11. The van der Waals surface area contributed by atoms with E-state index < -0.39 is 0 Å². The van der Waals surface area contributed by atoms with Crippen LogP contribution in [0.15, 0.2) is 73.0 Å². The molecule has 1 fully saturated rings. The van der Waals surface area contributed by atoms with Crippen molar-refractivity contribution in [1.82, 2.24) is 9.80 Å². The summed E-state index contributed by atoms with van der Waals surface area (Å²) < 4.78 is 0. The summed E-state index contributed by atoms with van der Waals surface area (Å²) >= 11 is 0. The van der Waals surface area contributed by atoms with Gasteiger partial charge in [-0.2, -0.15) is 0 Å². The summed E-state index contributed by atoms with van der Waals surface area (Å²) in [5.74, 6) is 0.165. The third-order valence-corrected chi connectivity index (χ3v) is 4.97. The third-order valence-electron chi connectivity index (χ3n) is 4.97. The molecule has 0 aromatic heterocycles. The first kappa shape index (κ1) is 23.9. The van der Waals surface area contributed by atoms with Crippen LogP contribution in [0.3, 0.4) is 0 Å². The van der Waals surface area contributed by atoms with Crippen LogP contribution in [0.2, 0.25) is 0 Å². The van der Waals surface area contributed by atoms with E-state index in [1.807, 2.05) is 67.4 Å². The number of likely N-dealkylation sites (tertiary alicyclic amines) is 1. The van der Waals surface area contributed by atoms with E-state index in [0.717, 1.165) is 44.6 Å². The Kier molecular flexibility index (Phi) is 11.9. The smallest absolute Gasteiger partial charge is 0.226 e. The highest BCUT2D eigenvalue weighted by Crippen LogP contribution is 2.23. The Labute approximate surface area is 171 Å². The number of amides is 1. The normalized spacial score (nSPS) is 17.4. The molecule has 0 unspecified atom stereocenters. The van der Waals surface area contributed by atoms with Crippen molar-refractivity contribution in [3.8, 4) is 0 Å². The van der Waals surface area contributed by atoms with Gasteiger partial charge in [0.15, 0.2) is 0 Å². The second-order valence-corrected chi connectivity index (χ2v) is 6.88. The zero-order valence-electron chi connectivity index (χ0n) is 17.6. The van der Waals surface area contributed by atoms with Crippen molar-refractivity contribution in [2.24, 2.45) is 5.73 Å². The zero-order chi connectivity index (χ0) is 20.8. The molecular formula is C24H37N3O. The van der Waals surface area contributed by atoms with Crippen molar-refractivity contribution in [3.05, 3.63) is 73.0 Å². The minimum atomic E-state index is 0.165. The molecule has 2 N–H and O–H groups in total. The van der Waals surface area contributed by atoms with Gasteiger partial charge in [-0.15, -0.1) is 0 Å². The number of allylic oxidation sites excluding steroid dienone is 7. The first-order valence-electron chi connectivity index (χ1n) is 10.3. The molecule has 1 amide bonds. The van der Waals surface area contributed by atoms with Crippen LogP contribution in [-0.4, -0.2) is 47.9 Å². The predicted octanol–water partition coefficient (Wildman–Crippen LogP) is 4.35. The first-order chi connectivity index (χ1) is 13.6. The monoisotopic (exact) mass is 383 g/mol. The largest absolute Gasteiger partial charge is 0.327 e. The summed E-state index contributed by atoms with van der Waals surface area (Å²) in [4.78, 5) is 17.2. The van der Waals surface area contributed by atoms with Crippen LogP contribution in [0.25, 0.3) is 0 Å². The van der Waals surface area contributed by atoms with Gasteiger partial charge in [-0.1, -0.05) is 56.5 Å². The fourth-order valence-corrected chi connectivity index (χ4v) is 3.42. The summed E-state index contributed by atoms with van der Waals surface area (Å²) in [7, 11) is 0. The summed E-state index contributed by atoms with van der Waals surface area (Å²) in [6, 6.07) is 0.227. The van der Waals surface area contributed by atoms with Crippen LogP contribution in [0.4, 0.5) is 0 Å². The van der Waals surface area contributed by atoms with Gasteiger partial charge < -0.3 is 15.5 Å². The molecule has 0 spiro atoms. The van der Waals surface area contributed by atoms with E-state index in [-0.39, 0.29) is 11.9 Å². The Balaban J connectivity index is 2.83. The van der Waals surface area contributed by atoms with E-state index in [4.69, 9.17) is 5.73 Å². The highest BCUT2D eigenvalue weighted by molar-refractivity contribution is 5.78. The van der Waals surface area contributed by atoms with Crippen molar-refractivity contribution in [2.75, 3.05) is 26.2 Å². The fraction of sp³-hybridized carbons (Fsp3) is 0.458. The Morgan fingerprint density at radius 1 is 1.25 bits per heavy atom. The van der Waals surface area contributed by atoms with Crippen molar-refractivity contribution in [3.63, 3.8) is 0 Å². The molecule has 0 atom stereocenters. The van der Waals surface area contributed by atoms with Gasteiger partial charge in [0.1, 0.15) is 0 Å². The topological polar surface area (TPSA) is 49.6 Å². The van der Waals surface area contributed by atoms with Gasteiger partial charge in [0, 0.05) is 44.3 Å². The number of carbonyl (C=O) groups excluding carboxylic acids is 1. The lowest BCUT2D eigenvalue weighted by Crippen LogP contribution is -2.46. The Morgan fingerprint density at radius 3 is 2.50 bits per heavy atom. The molecule has 0 radical (unpaired) electrons. The zero-order valence-corrected chi connectivity index (χ0v) is 17.6. The SMILES string of the molecule is C=C/C=C(\C=C)CCN1CCC(N(C(=O)CC)C(/C=C\CN)=C/C=C\C)CC1. The van der Waals surface area contributed by atoms with Crippen LogP contribution in [-0.2, 0) is 4.79 Å². The van der Waals surface area contributed by atoms with E-state index in [1.165, 1.54) is 5.57 Å². The van der Waals surface area contributed by atoms with Gasteiger partial charge in [0.05, 0.1) is 0 Å². The molecule has 4 heteroatoms. The predicted molar refractivity (Wildman–Crippen MR) is 121 cm³/mol. The molecule has 0 aliphatic carbocycles. The van der Waals surface area contributed by atoms with Gasteiger partial charge in [0.2, 0.25) is 5.91 Å². The van der Waals surface area contributed by atoms with E-state index in [2.05, 4.69) is 18.1 Å². The molecular weight excluding hydrogens is 346 g/mol. The molecule has 28 heavy (non-hydrogen) atoms. The summed E-state index contributed by atoms with van der Waals surface area (Å²) in [6.07, 6.45) is 19.0. The maximum atomic E-state index is 12.7. The molecule has 1 rings (SSSR count). The van der Waals surface area contributed by atoms with E-state index >= 15 is 0 Å². The van der Waals surface area contributed by atoms with Gasteiger partial charge in [-0.3, -0.25) is 4.79 Å². The van der Waals surface area contributed by atoms with Gasteiger partial charge >= 0.3 is 0 Å². The van der Waals surface area contributed by atoms with Crippen LogP contribution >= 0.6 is 0 Å². The molecule has 0 bridgehead atoms. The maximum absolute atomic E-state index is 12.7. The lowest BCUT2D eigenvalue weighted by molar-refractivity contribution is -0.131. The maximum Gasteiger partial charge on any atom is 0.226 e. The van der Waals surface area contributed by atoms with Crippen molar-refractivity contribution >= 4 is 5.91 Å². The molecule has 1 aliphatic rings. The molecule has 0 aromatic rings. The minimum Gasteiger partial charge on any atom is -0.327 e. The molecule has 4 nitrogen and oxygen atoms in total. The molecule has 154 valence electrons. The van der Waals surface area contributed by atoms with Crippen molar-refractivity contribution < 1.29 is 4.79 Å². The van der Waals surface area contributed by atoms with E-state index in [1.54, 1.807) is 0 Å². The standard InChI is InChI=1S/C24H37N3O/c1-5-9-12-22(13-10-17-25)27(24(28)8-4)23-15-19-26(20-16-23)18-14-21(7-3)11-6-2/h5-7,9-13,23H,2-3,8,14-20,25H2,1,4H3/b9-5-,13-10-,21-11+,22-12+. The molecule has 1 saturated heterocycles. The number of nitrogens with two attached hydrogens (primary N) is 1. The first-order valence-corrected chi connectivity index (χ1v) is 10.3. The summed E-state index contributed by atoms with van der Waals surface area (Å²) in [6.45, 7) is 15.0. The Morgan fingerprint density at radius 2 is 1.96 bits per heavy atom. The molecule has 0 saturated carbocycles. The van der Waals surface area contributed by atoms with Crippen molar-refractivity contribution in [2.45, 2.75) is 45.6 Å². The molecule has 1 heterocycles. The number of hydrogen-bond donors (Lipinski definition) is 1. The lowest BCUT2D eigenvalue weighted by Gasteiger charge is -2.39. The summed E-state index contributed by atoms with van der Waals surface area (Å²) in [5.41, 5.74) is 7.78. The second-order valence-electron chi connectivity index (χ2n) is 6.88. The highest BCUT2D eigenvalue weighted by atomic mass is 16.2. The number of hydrogen-bond acceptors (Lipinski definition) is 3. The van der Waals surface area contributed by atoms with Gasteiger partial charge in [0.25, 0.3) is 0 Å². The van der Waals surface area contributed by atoms with Crippen LogP contribution in [0.5, 0.6) is 0 Å². The van der Waals surface area contributed by atoms with E-state index in [0.29, 0.717) is 13.0 Å². The second kappa shape index (κ2) is 13.9. The Bertz CT molecular complexity index is 620. The van der Waals surface area contributed by atoms with E-state index in [9.17, 15) is 4.79 Å². The summed E-state index contributed by atoms with van der Waals surface area (Å²) in [5, 5.41) is 0. The third kappa shape index (κ3) is 7.83. The average molecular weight is 384 g/mol. The fourth-order valence-electron chi connectivity index (χ4n) is 3.42. The quantitative estimate of drug-likeness (QED) is 0.540. The average Bonchev–Trinajstić information content (AvgIpc) is 2.73. The lowest BCUT2D eigenvalue weighted by atomic mass is 10.0. The van der Waals surface area contributed by atoms with Gasteiger partial charge in [-0.05, 0) is 43.9 Å². The van der Waals surface area contributed by atoms with Crippen LogP contribution in [0.1, 0.15) is 39.5 Å². The molecule has 1 aliphatic heterocycles. The number of piperidine rings is 1. The van der Waals surface area contributed by atoms with Crippen LogP contribution < -0.4 is 5.73 Å². The highest BCUT2D eigenvalue weighted by Gasteiger charge is 2.28. The Hall–Kier alpha value is -2.17. The number of nitrogens with zero attached hydrogens (tertiary/aromatic N) is 2. The van der Waals surface area contributed by atoms with Crippen LogP contribution in [0, 0.1) is 0 Å². The number of carbonyl (C=O) groups is 1. The minimum absolute atomic E-state index is 0.165. The van der Waals surface area contributed by atoms with Crippen molar-refractivity contribution in [1.29, 1.82) is 0 Å².